The third-order valence-corrected chi connectivity index (χ3v) is 4.54. The summed E-state index contributed by atoms with van der Waals surface area (Å²) in [7, 11) is 0. The highest BCUT2D eigenvalue weighted by Gasteiger charge is 2.40. The molecule has 0 radical (unpaired) electrons. The average molecular weight is 276 g/mol. The summed E-state index contributed by atoms with van der Waals surface area (Å²) in [5.74, 6) is 0.752. The van der Waals surface area contributed by atoms with Crippen molar-refractivity contribution in [1.82, 2.24) is 10.3 Å². The molecule has 2 aliphatic rings. The van der Waals surface area contributed by atoms with E-state index < -0.39 is 0 Å². The largest absolute Gasteiger partial charge is 0.348 e. The van der Waals surface area contributed by atoms with Crippen molar-refractivity contribution in [3.63, 3.8) is 0 Å². The second kappa shape index (κ2) is 5.36. The molecule has 2 fully saturated rings. The van der Waals surface area contributed by atoms with Gasteiger partial charge in [0.15, 0.2) is 0 Å². The van der Waals surface area contributed by atoms with Gasteiger partial charge in [-0.3, -0.25) is 10.1 Å². The molecule has 0 amide bonds. The fourth-order valence-electron chi connectivity index (χ4n) is 3.53. The third-order valence-electron chi connectivity index (χ3n) is 4.54. The van der Waals surface area contributed by atoms with Gasteiger partial charge in [0.25, 0.3) is 5.69 Å². The summed E-state index contributed by atoms with van der Waals surface area (Å²) < 4.78 is 0. The molecule has 20 heavy (non-hydrogen) atoms. The van der Waals surface area contributed by atoms with Crippen LogP contribution in [0, 0.1) is 10.1 Å². The molecule has 0 bridgehead atoms. The molecule has 108 valence electrons. The van der Waals surface area contributed by atoms with Crippen molar-refractivity contribution in [2.45, 2.75) is 37.6 Å². The SMILES string of the molecule is O=[N+]([O-])c1ccnc(N2CCNCC23CCCCC3)c1. The molecule has 1 aliphatic heterocycles. The van der Waals surface area contributed by atoms with E-state index in [1.54, 1.807) is 12.3 Å². The minimum Gasteiger partial charge on any atom is -0.348 e. The highest BCUT2D eigenvalue weighted by molar-refractivity contribution is 5.49. The second-order valence-electron chi connectivity index (χ2n) is 5.74. The molecule has 0 aromatic carbocycles. The maximum absolute atomic E-state index is 11.0. The Kier molecular flexibility index (Phi) is 3.56. The van der Waals surface area contributed by atoms with Gasteiger partial charge in [0.2, 0.25) is 0 Å². The van der Waals surface area contributed by atoms with E-state index in [-0.39, 0.29) is 16.1 Å². The van der Waals surface area contributed by atoms with Crippen molar-refractivity contribution >= 4 is 11.5 Å². The van der Waals surface area contributed by atoms with Crippen LogP contribution in [0.2, 0.25) is 0 Å². The molecule has 3 rings (SSSR count). The van der Waals surface area contributed by atoms with Gasteiger partial charge in [0.05, 0.1) is 16.5 Å². The van der Waals surface area contributed by atoms with Gasteiger partial charge >= 0.3 is 0 Å². The van der Waals surface area contributed by atoms with E-state index in [9.17, 15) is 10.1 Å². The lowest BCUT2D eigenvalue weighted by molar-refractivity contribution is -0.384. The van der Waals surface area contributed by atoms with Crippen LogP contribution in [-0.2, 0) is 0 Å². The quantitative estimate of drug-likeness (QED) is 0.661. The Morgan fingerprint density at radius 1 is 1.35 bits per heavy atom. The molecule has 6 nitrogen and oxygen atoms in total. The Labute approximate surface area is 118 Å². The molecular formula is C14H20N4O2. The van der Waals surface area contributed by atoms with Gasteiger partial charge in [-0.15, -0.1) is 0 Å². The third kappa shape index (κ3) is 2.35. The molecule has 0 unspecified atom stereocenters. The van der Waals surface area contributed by atoms with E-state index in [1.165, 1.54) is 25.3 Å². The van der Waals surface area contributed by atoms with Crippen LogP contribution in [0.5, 0.6) is 0 Å². The predicted octanol–water partition coefficient (Wildman–Crippen LogP) is 2.10. The standard InChI is InChI=1S/C14H20N4O2/c19-18(20)12-4-7-16-13(10-12)17-9-8-15-11-14(17)5-2-1-3-6-14/h4,7,10,15H,1-3,5-6,8-9,11H2. The van der Waals surface area contributed by atoms with Gasteiger partial charge in [0.1, 0.15) is 5.82 Å². The maximum atomic E-state index is 11.0. The topological polar surface area (TPSA) is 71.3 Å². The summed E-state index contributed by atoms with van der Waals surface area (Å²) in [6, 6.07) is 3.07. The van der Waals surface area contributed by atoms with Gasteiger partial charge in [-0.25, -0.2) is 4.98 Å². The first-order chi connectivity index (χ1) is 9.71. The van der Waals surface area contributed by atoms with Crippen molar-refractivity contribution in [2.75, 3.05) is 24.5 Å². The lowest BCUT2D eigenvalue weighted by Crippen LogP contribution is -2.62. The molecule has 1 N–H and O–H groups in total. The minimum atomic E-state index is -0.346. The Balaban J connectivity index is 1.93. The Morgan fingerprint density at radius 2 is 2.15 bits per heavy atom. The number of anilines is 1. The molecule has 1 saturated heterocycles. The number of rotatable bonds is 2. The average Bonchev–Trinajstić information content (AvgIpc) is 2.49. The maximum Gasteiger partial charge on any atom is 0.274 e. The van der Waals surface area contributed by atoms with Crippen molar-refractivity contribution in [3.05, 3.63) is 28.4 Å². The lowest BCUT2D eigenvalue weighted by Gasteiger charge is -2.50. The highest BCUT2D eigenvalue weighted by Crippen LogP contribution is 2.37. The van der Waals surface area contributed by atoms with Crippen LogP contribution < -0.4 is 10.2 Å². The summed E-state index contributed by atoms with van der Waals surface area (Å²) in [4.78, 5) is 17.3. The zero-order chi connectivity index (χ0) is 14.0. The number of hydrogen-bond donors (Lipinski definition) is 1. The zero-order valence-electron chi connectivity index (χ0n) is 11.5. The number of pyridine rings is 1. The van der Waals surface area contributed by atoms with Gasteiger partial charge in [-0.05, 0) is 12.8 Å². The summed E-state index contributed by atoms with van der Waals surface area (Å²) in [5, 5.41) is 14.4. The van der Waals surface area contributed by atoms with Crippen molar-refractivity contribution in [2.24, 2.45) is 0 Å². The molecule has 1 spiro atoms. The van der Waals surface area contributed by atoms with Crippen LogP contribution in [-0.4, -0.2) is 35.1 Å². The van der Waals surface area contributed by atoms with Gasteiger partial charge < -0.3 is 10.2 Å². The van der Waals surface area contributed by atoms with Gasteiger partial charge in [0, 0.05) is 31.9 Å². The van der Waals surface area contributed by atoms with E-state index >= 15 is 0 Å². The van der Waals surface area contributed by atoms with Crippen LogP contribution >= 0.6 is 0 Å². The molecule has 6 heteroatoms. The number of nitrogens with one attached hydrogen (secondary N) is 1. The van der Waals surface area contributed by atoms with Crippen LogP contribution in [0.4, 0.5) is 11.5 Å². The van der Waals surface area contributed by atoms with Crippen molar-refractivity contribution < 1.29 is 4.92 Å². The van der Waals surface area contributed by atoms with Crippen molar-refractivity contribution in [3.8, 4) is 0 Å². The van der Waals surface area contributed by atoms with E-state index in [0.717, 1.165) is 38.3 Å². The summed E-state index contributed by atoms with van der Waals surface area (Å²) in [6.45, 7) is 2.73. The van der Waals surface area contributed by atoms with E-state index in [2.05, 4.69) is 15.2 Å². The Hall–Kier alpha value is -1.69. The van der Waals surface area contributed by atoms with Crippen LogP contribution in [0.1, 0.15) is 32.1 Å². The van der Waals surface area contributed by atoms with Crippen LogP contribution in [0.3, 0.4) is 0 Å². The van der Waals surface area contributed by atoms with Gasteiger partial charge in [-0.2, -0.15) is 0 Å². The molecular weight excluding hydrogens is 256 g/mol. The molecule has 2 heterocycles. The molecule has 1 aromatic heterocycles. The highest BCUT2D eigenvalue weighted by atomic mass is 16.6. The minimum absolute atomic E-state index is 0.0960. The van der Waals surface area contributed by atoms with E-state index in [1.807, 2.05) is 0 Å². The first-order valence-electron chi connectivity index (χ1n) is 7.30. The van der Waals surface area contributed by atoms with E-state index in [4.69, 9.17) is 0 Å². The number of nitrogens with zero attached hydrogens (tertiary/aromatic N) is 3. The summed E-state index contributed by atoms with van der Waals surface area (Å²) in [5.41, 5.74) is 0.220. The predicted molar refractivity (Wildman–Crippen MR) is 76.9 cm³/mol. The second-order valence-corrected chi connectivity index (χ2v) is 5.74. The smallest absolute Gasteiger partial charge is 0.274 e. The first kappa shape index (κ1) is 13.3. The van der Waals surface area contributed by atoms with Crippen LogP contribution in [0.25, 0.3) is 0 Å². The lowest BCUT2D eigenvalue weighted by atomic mass is 9.79. The molecule has 0 atom stereocenters. The molecule has 1 saturated carbocycles. The van der Waals surface area contributed by atoms with Crippen LogP contribution in [0.15, 0.2) is 18.3 Å². The first-order valence-corrected chi connectivity index (χ1v) is 7.30. The monoisotopic (exact) mass is 276 g/mol. The van der Waals surface area contributed by atoms with E-state index in [0.29, 0.717) is 0 Å². The number of piperazine rings is 1. The fraction of sp³-hybridized carbons (Fsp3) is 0.643. The van der Waals surface area contributed by atoms with Crippen molar-refractivity contribution in [1.29, 1.82) is 0 Å². The normalized spacial score (nSPS) is 21.9. The number of nitro groups is 1. The van der Waals surface area contributed by atoms with Gasteiger partial charge in [-0.1, -0.05) is 19.3 Å². The summed E-state index contributed by atoms with van der Waals surface area (Å²) >= 11 is 0. The summed E-state index contributed by atoms with van der Waals surface area (Å²) in [6.07, 6.45) is 7.58. The zero-order valence-corrected chi connectivity index (χ0v) is 11.5. The molecule has 1 aliphatic carbocycles. The Bertz CT molecular complexity index is 491. The fourth-order valence-corrected chi connectivity index (χ4v) is 3.53. The molecule has 1 aromatic rings. The number of aromatic nitrogens is 1. The Morgan fingerprint density at radius 3 is 2.90 bits per heavy atom. The number of hydrogen-bond acceptors (Lipinski definition) is 5.